The first kappa shape index (κ1) is 13.7. The van der Waals surface area contributed by atoms with Crippen molar-refractivity contribution >= 4 is 17.3 Å². The Morgan fingerprint density at radius 1 is 1.14 bits per heavy atom. The zero-order valence-corrected chi connectivity index (χ0v) is 12.5. The van der Waals surface area contributed by atoms with Gasteiger partial charge in [-0.1, -0.05) is 48.9 Å². The fourth-order valence-electron chi connectivity index (χ4n) is 2.69. The Balaban J connectivity index is 1.92. The van der Waals surface area contributed by atoms with Crippen molar-refractivity contribution in [3.05, 3.63) is 59.7 Å². The Bertz CT molecular complexity index is 649. The van der Waals surface area contributed by atoms with Gasteiger partial charge >= 0.3 is 0 Å². The molecule has 1 N–H and O–H groups in total. The highest BCUT2D eigenvalue weighted by molar-refractivity contribution is 5.97. The smallest absolute Gasteiger partial charge is 0.229 e. The highest BCUT2D eigenvalue weighted by Crippen LogP contribution is 2.30. The van der Waals surface area contributed by atoms with Gasteiger partial charge in [0.15, 0.2) is 0 Å². The van der Waals surface area contributed by atoms with E-state index in [9.17, 15) is 4.79 Å². The van der Waals surface area contributed by atoms with Gasteiger partial charge in [0.05, 0.1) is 17.3 Å². The van der Waals surface area contributed by atoms with Crippen molar-refractivity contribution in [2.75, 3.05) is 16.8 Å². The normalized spacial score (nSPS) is 17.9. The second kappa shape index (κ2) is 5.60. The summed E-state index contributed by atoms with van der Waals surface area (Å²) in [6.45, 7) is 5.62. The summed E-state index contributed by atoms with van der Waals surface area (Å²) in [6.07, 6.45) is 0. The van der Waals surface area contributed by atoms with Gasteiger partial charge in [-0.05, 0) is 24.6 Å². The van der Waals surface area contributed by atoms with Crippen LogP contribution in [0.25, 0.3) is 0 Å². The first-order chi connectivity index (χ1) is 10.1. The van der Waals surface area contributed by atoms with Gasteiger partial charge in [0, 0.05) is 13.1 Å². The molecule has 1 aliphatic rings. The largest absolute Gasteiger partial charge is 0.365 e. The lowest BCUT2D eigenvalue weighted by Gasteiger charge is -2.25. The third-order valence-corrected chi connectivity index (χ3v) is 3.94. The van der Waals surface area contributed by atoms with Crippen molar-refractivity contribution in [3.63, 3.8) is 0 Å². The summed E-state index contributed by atoms with van der Waals surface area (Å²) in [5, 5.41) is 3.02. The molecular formula is C18H20N2O. The number of para-hydroxylation sites is 2. The summed E-state index contributed by atoms with van der Waals surface area (Å²) >= 11 is 0. The molecule has 0 aromatic heterocycles. The van der Waals surface area contributed by atoms with E-state index in [1.54, 1.807) is 0 Å². The lowest BCUT2D eigenvalue weighted by atomic mass is 10.1. The molecule has 1 amide bonds. The number of carbonyl (C=O) groups is 1. The molecule has 1 heterocycles. The summed E-state index contributed by atoms with van der Waals surface area (Å²) in [5.74, 6) is 0.0664. The molecule has 0 unspecified atom stereocenters. The molecule has 0 saturated carbocycles. The van der Waals surface area contributed by atoms with Gasteiger partial charge in [-0.3, -0.25) is 4.79 Å². The molecule has 0 saturated heterocycles. The van der Waals surface area contributed by atoms with Crippen LogP contribution in [0, 0.1) is 12.8 Å². The summed E-state index contributed by atoms with van der Waals surface area (Å²) in [7, 11) is 0. The van der Waals surface area contributed by atoms with Crippen molar-refractivity contribution in [1.82, 2.24) is 0 Å². The van der Waals surface area contributed by atoms with E-state index in [4.69, 9.17) is 0 Å². The Labute approximate surface area is 125 Å². The van der Waals surface area contributed by atoms with Crippen LogP contribution < -0.4 is 10.2 Å². The van der Waals surface area contributed by atoms with E-state index in [0.29, 0.717) is 0 Å². The molecule has 0 bridgehead atoms. The standard InChI is InChI=1S/C18H20N2O/c1-13-7-9-15(10-8-13)12-20-11-14(2)18(21)19-16-5-3-4-6-17(16)20/h3-10,14H,11-12H2,1-2H3,(H,19,21)/t14-/m0/s1. The number of anilines is 2. The second-order valence-electron chi connectivity index (χ2n) is 5.77. The van der Waals surface area contributed by atoms with Crippen LogP contribution in [0.5, 0.6) is 0 Å². The zero-order valence-electron chi connectivity index (χ0n) is 12.5. The molecule has 3 nitrogen and oxygen atoms in total. The predicted molar refractivity (Wildman–Crippen MR) is 86.5 cm³/mol. The van der Waals surface area contributed by atoms with Gasteiger partial charge < -0.3 is 10.2 Å². The minimum Gasteiger partial charge on any atom is -0.365 e. The maximum atomic E-state index is 12.1. The first-order valence-electron chi connectivity index (χ1n) is 7.34. The van der Waals surface area contributed by atoms with Crippen LogP contribution in [0.15, 0.2) is 48.5 Å². The summed E-state index contributed by atoms with van der Waals surface area (Å²) in [4.78, 5) is 14.4. The number of hydrogen-bond donors (Lipinski definition) is 1. The molecule has 3 heteroatoms. The zero-order chi connectivity index (χ0) is 14.8. The lowest BCUT2D eigenvalue weighted by molar-refractivity contribution is -0.119. The molecular weight excluding hydrogens is 260 g/mol. The monoisotopic (exact) mass is 280 g/mol. The molecule has 1 aliphatic heterocycles. The minimum atomic E-state index is -0.0251. The number of nitrogens with zero attached hydrogens (tertiary/aromatic N) is 1. The average molecular weight is 280 g/mol. The highest BCUT2D eigenvalue weighted by atomic mass is 16.1. The molecule has 0 radical (unpaired) electrons. The maximum Gasteiger partial charge on any atom is 0.229 e. The molecule has 108 valence electrons. The van der Waals surface area contributed by atoms with Gasteiger partial charge in [0.1, 0.15) is 0 Å². The fraction of sp³-hybridized carbons (Fsp3) is 0.278. The van der Waals surface area contributed by atoms with E-state index < -0.39 is 0 Å². The van der Waals surface area contributed by atoms with Gasteiger partial charge in [-0.25, -0.2) is 0 Å². The van der Waals surface area contributed by atoms with Crippen molar-refractivity contribution in [3.8, 4) is 0 Å². The summed E-state index contributed by atoms with van der Waals surface area (Å²) in [5.41, 5.74) is 4.52. The van der Waals surface area contributed by atoms with E-state index in [1.165, 1.54) is 11.1 Å². The van der Waals surface area contributed by atoms with E-state index in [0.717, 1.165) is 24.5 Å². The number of nitrogens with one attached hydrogen (secondary N) is 1. The fourth-order valence-corrected chi connectivity index (χ4v) is 2.69. The molecule has 21 heavy (non-hydrogen) atoms. The van der Waals surface area contributed by atoms with Crippen LogP contribution in [0.3, 0.4) is 0 Å². The Morgan fingerprint density at radius 2 is 1.86 bits per heavy atom. The molecule has 2 aromatic rings. The minimum absolute atomic E-state index is 0.0251. The third kappa shape index (κ3) is 2.92. The van der Waals surface area contributed by atoms with Crippen molar-refractivity contribution < 1.29 is 4.79 Å². The number of rotatable bonds is 2. The van der Waals surface area contributed by atoms with Crippen LogP contribution >= 0.6 is 0 Å². The highest BCUT2D eigenvalue weighted by Gasteiger charge is 2.24. The first-order valence-corrected chi connectivity index (χ1v) is 7.34. The Kier molecular flexibility index (Phi) is 3.65. The molecule has 2 aromatic carbocycles. The molecule has 3 rings (SSSR count). The van der Waals surface area contributed by atoms with Gasteiger partial charge in [-0.2, -0.15) is 0 Å². The van der Waals surface area contributed by atoms with Crippen LogP contribution in [-0.4, -0.2) is 12.5 Å². The number of benzene rings is 2. The van der Waals surface area contributed by atoms with Crippen LogP contribution in [-0.2, 0) is 11.3 Å². The number of carbonyl (C=O) groups excluding carboxylic acids is 1. The Morgan fingerprint density at radius 3 is 2.62 bits per heavy atom. The van der Waals surface area contributed by atoms with Gasteiger partial charge in [0.2, 0.25) is 5.91 Å². The van der Waals surface area contributed by atoms with Crippen molar-refractivity contribution in [1.29, 1.82) is 0 Å². The number of amides is 1. The number of hydrogen-bond acceptors (Lipinski definition) is 2. The maximum absolute atomic E-state index is 12.1. The third-order valence-electron chi connectivity index (χ3n) is 3.94. The van der Waals surface area contributed by atoms with Gasteiger partial charge in [-0.15, -0.1) is 0 Å². The Hall–Kier alpha value is -2.29. The van der Waals surface area contributed by atoms with Crippen LogP contribution in [0.4, 0.5) is 11.4 Å². The summed E-state index contributed by atoms with van der Waals surface area (Å²) in [6, 6.07) is 16.6. The predicted octanol–water partition coefficient (Wildman–Crippen LogP) is 3.59. The topological polar surface area (TPSA) is 32.3 Å². The van der Waals surface area contributed by atoms with E-state index in [2.05, 4.69) is 47.5 Å². The molecule has 0 spiro atoms. The van der Waals surface area contributed by atoms with Crippen molar-refractivity contribution in [2.45, 2.75) is 20.4 Å². The second-order valence-corrected chi connectivity index (χ2v) is 5.77. The van der Waals surface area contributed by atoms with E-state index >= 15 is 0 Å². The molecule has 0 aliphatic carbocycles. The lowest BCUT2D eigenvalue weighted by Crippen LogP contribution is -2.30. The molecule has 0 fully saturated rings. The van der Waals surface area contributed by atoms with Crippen LogP contribution in [0.1, 0.15) is 18.1 Å². The van der Waals surface area contributed by atoms with Crippen molar-refractivity contribution in [2.24, 2.45) is 5.92 Å². The van der Waals surface area contributed by atoms with E-state index in [1.807, 2.05) is 25.1 Å². The number of fused-ring (bicyclic) bond motifs is 1. The van der Waals surface area contributed by atoms with Gasteiger partial charge in [0.25, 0.3) is 0 Å². The average Bonchev–Trinajstić information content (AvgIpc) is 2.60. The SMILES string of the molecule is Cc1ccc(CN2C[C@H](C)C(=O)Nc3ccccc32)cc1. The quantitative estimate of drug-likeness (QED) is 0.911. The van der Waals surface area contributed by atoms with Crippen LogP contribution in [0.2, 0.25) is 0 Å². The molecule has 1 atom stereocenters. The summed E-state index contributed by atoms with van der Waals surface area (Å²) < 4.78 is 0. The number of aryl methyl sites for hydroxylation is 1. The van der Waals surface area contributed by atoms with E-state index in [-0.39, 0.29) is 11.8 Å².